The Bertz CT molecular complexity index is 228. The van der Waals surface area contributed by atoms with E-state index >= 15 is 0 Å². The van der Waals surface area contributed by atoms with Crippen LogP contribution in [-0.2, 0) is 0 Å². The molecular formula is C9H14N2O. The predicted molar refractivity (Wildman–Crippen MR) is 47.0 cm³/mol. The minimum Gasteiger partial charge on any atom is -0.476 e. The Morgan fingerprint density at radius 3 is 2.58 bits per heavy atom. The lowest BCUT2D eigenvalue weighted by Crippen LogP contribution is -2.17. The maximum atomic E-state index is 5.40. The van der Waals surface area contributed by atoms with Gasteiger partial charge in [-0.05, 0) is 5.41 Å². The van der Waals surface area contributed by atoms with Gasteiger partial charge in [0.05, 0.1) is 12.8 Å². The van der Waals surface area contributed by atoms with Gasteiger partial charge in [-0.15, -0.1) is 0 Å². The third-order valence-corrected chi connectivity index (χ3v) is 1.19. The molecule has 1 rings (SSSR count). The third kappa shape index (κ3) is 3.32. The van der Waals surface area contributed by atoms with E-state index in [0.29, 0.717) is 12.5 Å². The van der Waals surface area contributed by atoms with Crippen LogP contribution in [-0.4, -0.2) is 16.6 Å². The summed E-state index contributed by atoms with van der Waals surface area (Å²) in [4.78, 5) is 7.89. The fourth-order valence-electron chi connectivity index (χ4n) is 0.650. The third-order valence-electron chi connectivity index (χ3n) is 1.19. The van der Waals surface area contributed by atoms with Crippen LogP contribution in [0.2, 0.25) is 0 Å². The van der Waals surface area contributed by atoms with Crippen LogP contribution in [0.5, 0.6) is 5.88 Å². The zero-order valence-electron chi connectivity index (χ0n) is 7.74. The van der Waals surface area contributed by atoms with Crippen molar-refractivity contribution in [1.82, 2.24) is 9.97 Å². The zero-order chi connectivity index (χ0) is 9.03. The molecule has 0 bridgehead atoms. The average molecular weight is 166 g/mol. The summed E-state index contributed by atoms with van der Waals surface area (Å²) >= 11 is 0. The number of aromatic nitrogens is 2. The van der Waals surface area contributed by atoms with Crippen LogP contribution in [0.4, 0.5) is 0 Å². The quantitative estimate of drug-likeness (QED) is 0.673. The summed E-state index contributed by atoms with van der Waals surface area (Å²) in [6.07, 6.45) is 4.87. The molecule has 0 aliphatic heterocycles. The molecule has 1 aromatic heterocycles. The van der Waals surface area contributed by atoms with Crippen molar-refractivity contribution in [3.8, 4) is 5.88 Å². The van der Waals surface area contributed by atoms with Crippen LogP contribution in [0.15, 0.2) is 18.6 Å². The van der Waals surface area contributed by atoms with Crippen molar-refractivity contribution in [1.29, 1.82) is 0 Å². The van der Waals surface area contributed by atoms with E-state index < -0.39 is 0 Å². The lowest BCUT2D eigenvalue weighted by molar-refractivity contribution is 0.191. The van der Waals surface area contributed by atoms with Crippen LogP contribution in [0, 0.1) is 5.41 Å². The van der Waals surface area contributed by atoms with Gasteiger partial charge in [-0.3, -0.25) is 4.98 Å². The second-order valence-electron chi connectivity index (χ2n) is 3.89. The van der Waals surface area contributed by atoms with E-state index in [4.69, 9.17) is 4.74 Å². The molecule has 0 radical (unpaired) electrons. The molecule has 0 amide bonds. The highest BCUT2D eigenvalue weighted by Gasteiger charge is 2.10. The summed E-state index contributed by atoms with van der Waals surface area (Å²) < 4.78 is 5.40. The van der Waals surface area contributed by atoms with Crippen LogP contribution in [0.25, 0.3) is 0 Å². The van der Waals surface area contributed by atoms with Crippen molar-refractivity contribution in [3.05, 3.63) is 18.6 Å². The molecule has 0 saturated carbocycles. The molecular weight excluding hydrogens is 152 g/mol. The fraction of sp³-hybridized carbons (Fsp3) is 0.556. The van der Waals surface area contributed by atoms with E-state index in [0.717, 1.165) is 0 Å². The first kappa shape index (κ1) is 8.97. The van der Waals surface area contributed by atoms with Crippen molar-refractivity contribution < 1.29 is 4.74 Å². The van der Waals surface area contributed by atoms with Crippen molar-refractivity contribution in [2.75, 3.05) is 6.61 Å². The molecule has 3 heteroatoms. The highest BCUT2D eigenvalue weighted by Crippen LogP contribution is 2.14. The Kier molecular flexibility index (Phi) is 2.63. The Morgan fingerprint density at radius 2 is 2.08 bits per heavy atom. The van der Waals surface area contributed by atoms with Gasteiger partial charge in [0.2, 0.25) is 5.88 Å². The Morgan fingerprint density at radius 1 is 1.33 bits per heavy atom. The molecule has 0 aromatic carbocycles. The molecule has 0 aliphatic rings. The minimum absolute atomic E-state index is 0.164. The van der Waals surface area contributed by atoms with E-state index in [1.54, 1.807) is 18.6 Å². The Labute approximate surface area is 72.8 Å². The van der Waals surface area contributed by atoms with Crippen LogP contribution < -0.4 is 4.74 Å². The van der Waals surface area contributed by atoms with Gasteiger partial charge in [0, 0.05) is 12.4 Å². The van der Waals surface area contributed by atoms with Crippen molar-refractivity contribution in [3.63, 3.8) is 0 Å². The van der Waals surface area contributed by atoms with Gasteiger partial charge in [0.15, 0.2) is 0 Å². The van der Waals surface area contributed by atoms with Gasteiger partial charge >= 0.3 is 0 Å². The maximum absolute atomic E-state index is 5.40. The van der Waals surface area contributed by atoms with E-state index in [1.165, 1.54) is 0 Å². The first-order valence-electron chi connectivity index (χ1n) is 3.97. The van der Waals surface area contributed by atoms with Crippen molar-refractivity contribution in [2.24, 2.45) is 5.41 Å². The normalized spacial score (nSPS) is 11.2. The van der Waals surface area contributed by atoms with Crippen LogP contribution >= 0.6 is 0 Å². The van der Waals surface area contributed by atoms with Gasteiger partial charge in [-0.25, -0.2) is 4.98 Å². The molecule has 3 nitrogen and oxygen atoms in total. The predicted octanol–water partition coefficient (Wildman–Crippen LogP) is 1.90. The lowest BCUT2D eigenvalue weighted by Gasteiger charge is -2.17. The number of ether oxygens (including phenoxy) is 1. The summed E-state index contributed by atoms with van der Waals surface area (Å²) in [5.74, 6) is 0.590. The van der Waals surface area contributed by atoms with Crippen molar-refractivity contribution >= 4 is 0 Å². The molecule has 12 heavy (non-hydrogen) atoms. The molecule has 0 atom stereocenters. The second kappa shape index (κ2) is 3.52. The summed E-state index contributed by atoms with van der Waals surface area (Å²) in [5.41, 5.74) is 0.164. The van der Waals surface area contributed by atoms with E-state index in [9.17, 15) is 0 Å². The summed E-state index contributed by atoms with van der Waals surface area (Å²) in [6.45, 7) is 7.00. The van der Waals surface area contributed by atoms with E-state index in [1.807, 2.05) is 0 Å². The summed E-state index contributed by atoms with van der Waals surface area (Å²) in [6, 6.07) is 0. The Hall–Kier alpha value is -1.12. The van der Waals surface area contributed by atoms with Crippen molar-refractivity contribution in [2.45, 2.75) is 20.8 Å². The second-order valence-corrected chi connectivity index (χ2v) is 3.89. The molecule has 1 heterocycles. The monoisotopic (exact) mass is 166 g/mol. The lowest BCUT2D eigenvalue weighted by atomic mass is 9.99. The van der Waals surface area contributed by atoms with Crippen LogP contribution in [0.1, 0.15) is 20.8 Å². The molecule has 0 spiro atoms. The first-order valence-corrected chi connectivity index (χ1v) is 3.97. The summed E-state index contributed by atoms with van der Waals surface area (Å²) in [5, 5.41) is 0. The smallest absolute Gasteiger partial charge is 0.232 e. The molecule has 1 aromatic rings. The van der Waals surface area contributed by atoms with Gasteiger partial charge < -0.3 is 4.74 Å². The highest BCUT2D eigenvalue weighted by molar-refractivity contribution is 5.01. The van der Waals surface area contributed by atoms with Crippen LogP contribution in [0.3, 0.4) is 0 Å². The van der Waals surface area contributed by atoms with E-state index in [-0.39, 0.29) is 5.41 Å². The molecule has 0 aliphatic carbocycles. The zero-order valence-corrected chi connectivity index (χ0v) is 7.74. The molecule has 0 N–H and O–H groups in total. The molecule has 0 saturated heterocycles. The highest BCUT2D eigenvalue weighted by atomic mass is 16.5. The number of hydrogen-bond acceptors (Lipinski definition) is 3. The van der Waals surface area contributed by atoms with Gasteiger partial charge in [-0.1, -0.05) is 20.8 Å². The molecule has 0 fully saturated rings. The standard InChI is InChI=1S/C9H14N2O/c1-9(2,3)7-12-8-6-10-4-5-11-8/h4-6H,7H2,1-3H3. The largest absolute Gasteiger partial charge is 0.476 e. The van der Waals surface area contributed by atoms with E-state index in [2.05, 4.69) is 30.7 Å². The Balaban J connectivity index is 2.44. The SMILES string of the molecule is CC(C)(C)COc1cnccn1. The molecule has 0 unspecified atom stereocenters. The summed E-state index contributed by atoms with van der Waals surface area (Å²) in [7, 11) is 0. The first-order chi connectivity index (χ1) is 5.58. The van der Waals surface area contributed by atoms with Gasteiger partial charge in [0.1, 0.15) is 0 Å². The topological polar surface area (TPSA) is 35.0 Å². The average Bonchev–Trinajstić information content (AvgIpc) is 2.02. The van der Waals surface area contributed by atoms with Gasteiger partial charge in [0.25, 0.3) is 0 Å². The maximum Gasteiger partial charge on any atom is 0.232 e. The number of nitrogens with zero attached hydrogens (tertiary/aromatic N) is 2. The minimum atomic E-state index is 0.164. The number of hydrogen-bond donors (Lipinski definition) is 0. The fourth-order valence-corrected chi connectivity index (χ4v) is 0.650. The molecule has 66 valence electrons. The number of rotatable bonds is 2. The van der Waals surface area contributed by atoms with Gasteiger partial charge in [-0.2, -0.15) is 0 Å².